The average molecular weight is 322 g/mol. The molecule has 0 spiro atoms. The monoisotopic (exact) mass is 322 g/mol. The van der Waals surface area contributed by atoms with Gasteiger partial charge in [0.2, 0.25) is 5.95 Å². The minimum absolute atomic E-state index is 0.603. The Labute approximate surface area is 139 Å². The predicted octanol–water partition coefficient (Wildman–Crippen LogP) is 1.19. The quantitative estimate of drug-likeness (QED) is 0.721. The molecule has 2 aliphatic rings. The van der Waals surface area contributed by atoms with Crippen LogP contribution >= 0.6 is 0 Å². The van der Waals surface area contributed by atoms with Gasteiger partial charge in [-0.15, -0.1) is 0 Å². The molecular weight excluding hydrogens is 304 g/mol. The summed E-state index contributed by atoms with van der Waals surface area (Å²) < 4.78 is 3.85. The van der Waals surface area contributed by atoms with E-state index in [0.29, 0.717) is 5.92 Å². The van der Waals surface area contributed by atoms with Crippen molar-refractivity contribution in [3.8, 4) is 5.69 Å². The summed E-state index contributed by atoms with van der Waals surface area (Å²) in [6.07, 6.45) is 3.34. The minimum Gasteiger partial charge on any atom is -0.337 e. The Morgan fingerprint density at radius 1 is 1.00 bits per heavy atom. The SMILES string of the molecule is c1ccc(-n2nnnc2N2CCc3nc(C4CC4)nn3CC2)cc1. The van der Waals surface area contributed by atoms with E-state index in [2.05, 4.69) is 30.2 Å². The second kappa shape index (κ2) is 5.40. The van der Waals surface area contributed by atoms with Gasteiger partial charge in [-0.05, 0) is 35.4 Å². The number of benzene rings is 1. The lowest BCUT2D eigenvalue weighted by molar-refractivity contribution is 0.598. The van der Waals surface area contributed by atoms with Crippen molar-refractivity contribution in [3.05, 3.63) is 42.0 Å². The van der Waals surface area contributed by atoms with Gasteiger partial charge in [-0.25, -0.2) is 9.67 Å². The lowest BCUT2D eigenvalue weighted by atomic mass is 10.3. The Morgan fingerprint density at radius 3 is 2.71 bits per heavy atom. The first-order valence-corrected chi connectivity index (χ1v) is 8.41. The number of hydrogen-bond donors (Lipinski definition) is 0. The molecular formula is C16H18N8. The molecule has 3 heterocycles. The number of aromatic nitrogens is 7. The van der Waals surface area contributed by atoms with Gasteiger partial charge in [-0.1, -0.05) is 23.3 Å². The van der Waals surface area contributed by atoms with Crippen LogP contribution in [0.15, 0.2) is 30.3 Å². The number of tetrazole rings is 1. The van der Waals surface area contributed by atoms with Gasteiger partial charge in [0.25, 0.3) is 0 Å². The summed E-state index contributed by atoms with van der Waals surface area (Å²) in [4.78, 5) is 6.94. The zero-order valence-electron chi connectivity index (χ0n) is 13.3. The highest BCUT2D eigenvalue weighted by molar-refractivity contribution is 5.40. The number of para-hydroxylation sites is 1. The van der Waals surface area contributed by atoms with E-state index in [1.165, 1.54) is 12.8 Å². The molecule has 8 nitrogen and oxygen atoms in total. The van der Waals surface area contributed by atoms with Gasteiger partial charge in [0, 0.05) is 25.4 Å². The molecule has 5 rings (SSSR count). The molecule has 1 aliphatic heterocycles. The molecule has 0 amide bonds. The van der Waals surface area contributed by atoms with Gasteiger partial charge in [0.15, 0.2) is 5.82 Å². The molecule has 2 aromatic heterocycles. The summed E-state index contributed by atoms with van der Waals surface area (Å²) in [6, 6.07) is 9.98. The molecule has 122 valence electrons. The highest BCUT2D eigenvalue weighted by Crippen LogP contribution is 2.38. The lowest BCUT2D eigenvalue weighted by Gasteiger charge is -2.20. The van der Waals surface area contributed by atoms with Gasteiger partial charge < -0.3 is 4.90 Å². The number of rotatable bonds is 3. The van der Waals surface area contributed by atoms with Crippen LogP contribution in [0.25, 0.3) is 5.69 Å². The van der Waals surface area contributed by atoms with Crippen molar-refractivity contribution >= 4 is 5.95 Å². The third-order valence-corrected chi connectivity index (χ3v) is 4.63. The van der Waals surface area contributed by atoms with Crippen molar-refractivity contribution in [2.24, 2.45) is 0 Å². The largest absolute Gasteiger partial charge is 0.337 e. The van der Waals surface area contributed by atoms with Crippen LogP contribution in [0.1, 0.15) is 30.4 Å². The molecule has 1 aliphatic carbocycles. The standard InChI is InChI=1S/C16H18N8/c1-2-4-13(5-3-1)24-16(18-20-21-24)22-9-8-14-17-15(12-6-7-12)19-23(14)11-10-22/h1-5,12H,6-11H2. The minimum atomic E-state index is 0.603. The summed E-state index contributed by atoms with van der Waals surface area (Å²) >= 11 is 0. The van der Waals surface area contributed by atoms with Crippen LogP contribution in [0.5, 0.6) is 0 Å². The zero-order valence-corrected chi connectivity index (χ0v) is 13.3. The Bertz CT molecular complexity index is 823. The first kappa shape index (κ1) is 13.6. The molecule has 1 saturated carbocycles. The topological polar surface area (TPSA) is 77.6 Å². The number of anilines is 1. The highest BCUT2D eigenvalue weighted by Gasteiger charge is 2.30. The Morgan fingerprint density at radius 2 is 1.88 bits per heavy atom. The van der Waals surface area contributed by atoms with Gasteiger partial charge in [-0.3, -0.25) is 0 Å². The van der Waals surface area contributed by atoms with E-state index in [1.54, 1.807) is 4.68 Å². The van der Waals surface area contributed by atoms with E-state index >= 15 is 0 Å². The molecule has 0 bridgehead atoms. The van der Waals surface area contributed by atoms with Crippen molar-refractivity contribution in [2.75, 3.05) is 18.0 Å². The molecule has 8 heteroatoms. The van der Waals surface area contributed by atoms with Crippen LogP contribution in [0.2, 0.25) is 0 Å². The van der Waals surface area contributed by atoms with Crippen molar-refractivity contribution < 1.29 is 0 Å². The molecule has 3 aromatic rings. The second-order valence-corrected chi connectivity index (χ2v) is 6.35. The third-order valence-electron chi connectivity index (χ3n) is 4.63. The summed E-state index contributed by atoms with van der Waals surface area (Å²) in [5.41, 5.74) is 0.966. The zero-order chi connectivity index (χ0) is 15.9. The van der Waals surface area contributed by atoms with Gasteiger partial charge in [0.1, 0.15) is 5.82 Å². The predicted molar refractivity (Wildman–Crippen MR) is 87.1 cm³/mol. The maximum atomic E-state index is 4.74. The van der Waals surface area contributed by atoms with Crippen molar-refractivity contribution in [2.45, 2.75) is 31.7 Å². The molecule has 1 fully saturated rings. The summed E-state index contributed by atoms with van der Waals surface area (Å²) in [5.74, 6) is 3.49. The van der Waals surface area contributed by atoms with Crippen LogP contribution in [-0.2, 0) is 13.0 Å². The van der Waals surface area contributed by atoms with E-state index < -0.39 is 0 Å². The molecule has 0 saturated heterocycles. The van der Waals surface area contributed by atoms with E-state index in [4.69, 9.17) is 4.98 Å². The molecule has 24 heavy (non-hydrogen) atoms. The van der Waals surface area contributed by atoms with E-state index in [9.17, 15) is 0 Å². The maximum absolute atomic E-state index is 4.74. The van der Waals surface area contributed by atoms with E-state index in [0.717, 1.165) is 49.3 Å². The molecule has 1 aromatic carbocycles. The molecule has 0 unspecified atom stereocenters. The van der Waals surface area contributed by atoms with Gasteiger partial charge >= 0.3 is 0 Å². The van der Waals surface area contributed by atoms with Crippen molar-refractivity contribution in [1.29, 1.82) is 0 Å². The van der Waals surface area contributed by atoms with Crippen LogP contribution in [0, 0.1) is 0 Å². The molecule has 0 radical (unpaired) electrons. The van der Waals surface area contributed by atoms with Crippen LogP contribution < -0.4 is 4.90 Å². The van der Waals surface area contributed by atoms with Crippen LogP contribution in [0.3, 0.4) is 0 Å². The highest BCUT2D eigenvalue weighted by atomic mass is 15.6. The Balaban J connectivity index is 1.40. The van der Waals surface area contributed by atoms with Crippen LogP contribution in [0.4, 0.5) is 5.95 Å². The second-order valence-electron chi connectivity index (χ2n) is 6.35. The Kier molecular flexibility index (Phi) is 3.07. The van der Waals surface area contributed by atoms with Gasteiger partial charge in [0.05, 0.1) is 12.2 Å². The molecule has 0 N–H and O–H groups in total. The van der Waals surface area contributed by atoms with Crippen molar-refractivity contribution in [3.63, 3.8) is 0 Å². The van der Waals surface area contributed by atoms with E-state index in [1.807, 2.05) is 30.3 Å². The lowest BCUT2D eigenvalue weighted by Crippen LogP contribution is -2.29. The maximum Gasteiger partial charge on any atom is 0.250 e. The summed E-state index contributed by atoms with van der Waals surface area (Å²) in [6.45, 7) is 2.49. The number of fused-ring (bicyclic) bond motifs is 1. The number of hydrogen-bond acceptors (Lipinski definition) is 6. The Hall–Kier alpha value is -2.77. The summed E-state index contributed by atoms with van der Waals surface area (Å²) in [7, 11) is 0. The normalized spacial score (nSPS) is 17.6. The average Bonchev–Trinajstić information content (AvgIpc) is 3.28. The number of nitrogens with zero attached hydrogens (tertiary/aromatic N) is 8. The van der Waals surface area contributed by atoms with Crippen molar-refractivity contribution in [1.82, 2.24) is 35.0 Å². The fraction of sp³-hybridized carbons (Fsp3) is 0.438. The van der Waals surface area contributed by atoms with E-state index in [-0.39, 0.29) is 0 Å². The molecule has 0 atom stereocenters. The third kappa shape index (κ3) is 2.34. The smallest absolute Gasteiger partial charge is 0.250 e. The summed E-state index contributed by atoms with van der Waals surface area (Å²) in [5, 5.41) is 16.9. The fourth-order valence-electron chi connectivity index (χ4n) is 3.15. The first-order valence-electron chi connectivity index (χ1n) is 8.41. The first-order chi connectivity index (χ1) is 11.9. The van der Waals surface area contributed by atoms with Crippen LogP contribution in [-0.4, -0.2) is 48.1 Å². The van der Waals surface area contributed by atoms with Gasteiger partial charge in [-0.2, -0.15) is 9.78 Å². The fourth-order valence-corrected chi connectivity index (χ4v) is 3.15.